The second-order valence-corrected chi connectivity index (χ2v) is 8.05. The number of aryl methyl sites for hydroxylation is 1. The average Bonchev–Trinajstić information content (AvgIpc) is 3.36. The fourth-order valence-corrected chi connectivity index (χ4v) is 4.01. The highest BCUT2D eigenvalue weighted by Crippen LogP contribution is 2.36. The Labute approximate surface area is 181 Å². The normalized spacial score (nSPS) is 10.2. The van der Waals surface area contributed by atoms with Crippen molar-refractivity contribution in [3.8, 4) is 5.75 Å². The van der Waals surface area contributed by atoms with E-state index in [1.165, 1.54) is 28.7 Å². The minimum atomic E-state index is -0.487. The van der Waals surface area contributed by atoms with Crippen LogP contribution in [-0.4, -0.2) is 39.8 Å². The lowest BCUT2D eigenvalue weighted by molar-refractivity contribution is 0.0829. The molecular weight excluding hydrogens is 426 g/mol. The number of nitrogens with zero attached hydrogens (tertiary/aromatic N) is 2. The van der Waals surface area contributed by atoms with Gasteiger partial charge in [-0.2, -0.15) is 0 Å². The van der Waals surface area contributed by atoms with Gasteiger partial charge >= 0.3 is 0 Å². The second-order valence-electron chi connectivity index (χ2n) is 6.14. The molecule has 0 saturated carbocycles. The number of hydrogen-bond donors (Lipinski definition) is 4. The summed E-state index contributed by atoms with van der Waals surface area (Å²) in [6.45, 7) is 4.36. The lowest BCUT2D eigenvalue weighted by Crippen LogP contribution is -2.31. The maximum atomic E-state index is 12.6. The molecule has 0 unspecified atom stereocenters. The SMILES string of the molecule is CC.CN(C)C(=O)c1scc(Nc2c(NCc3cccs3)c(=O)[nH]n(C)c2=O)c1O. The molecule has 0 aliphatic carbocycles. The zero-order valence-corrected chi connectivity index (χ0v) is 19.0. The minimum Gasteiger partial charge on any atom is -0.504 e. The van der Waals surface area contributed by atoms with Crippen molar-refractivity contribution in [3.05, 3.63) is 53.4 Å². The van der Waals surface area contributed by atoms with Gasteiger partial charge in [-0.15, -0.1) is 22.7 Å². The molecule has 11 heteroatoms. The van der Waals surface area contributed by atoms with Gasteiger partial charge in [-0.1, -0.05) is 19.9 Å². The Kier molecular flexibility index (Phi) is 7.84. The molecule has 0 spiro atoms. The van der Waals surface area contributed by atoms with Crippen molar-refractivity contribution in [3.63, 3.8) is 0 Å². The van der Waals surface area contributed by atoms with Crippen LogP contribution >= 0.6 is 22.7 Å². The van der Waals surface area contributed by atoms with E-state index < -0.39 is 11.1 Å². The number of hydrogen-bond acceptors (Lipinski definition) is 8. The number of carbonyl (C=O) groups is 1. The molecule has 162 valence electrons. The van der Waals surface area contributed by atoms with Crippen LogP contribution in [0.25, 0.3) is 0 Å². The summed E-state index contributed by atoms with van der Waals surface area (Å²) in [5.74, 6) is -0.624. The van der Waals surface area contributed by atoms with Gasteiger partial charge in [0.05, 0.1) is 5.69 Å². The largest absolute Gasteiger partial charge is 0.504 e. The van der Waals surface area contributed by atoms with Crippen LogP contribution in [0.4, 0.5) is 17.1 Å². The third-order valence-corrected chi connectivity index (χ3v) is 5.74. The first kappa shape index (κ1) is 23.2. The Morgan fingerprint density at radius 1 is 1.23 bits per heavy atom. The molecule has 3 aromatic heterocycles. The molecule has 0 aromatic carbocycles. The summed E-state index contributed by atoms with van der Waals surface area (Å²) in [5.41, 5.74) is -0.751. The summed E-state index contributed by atoms with van der Waals surface area (Å²) < 4.78 is 1.05. The number of anilines is 3. The van der Waals surface area contributed by atoms with Crippen LogP contribution < -0.4 is 21.8 Å². The van der Waals surface area contributed by atoms with Gasteiger partial charge in [0.1, 0.15) is 16.3 Å². The van der Waals surface area contributed by atoms with Crippen molar-refractivity contribution in [1.29, 1.82) is 0 Å². The first-order chi connectivity index (χ1) is 14.3. The van der Waals surface area contributed by atoms with Crippen LogP contribution in [0.1, 0.15) is 28.4 Å². The zero-order chi connectivity index (χ0) is 22.4. The maximum absolute atomic E-state index is 12.6. The number of nitrogens with one attached hydrogen (secondary N) is 3. The highest BCUT2D eigenvalue weighted by molar-refractivity contribution is 7.13. The van der Waals surface area contributed by atoms with Crippen LogP contribution in [-0.2, 0) is 13.6 Å². The van der Waals surface area contributed by atoms with E-state index in [2.05, 4.69) is 15.7 Å². The van der Waals surface area contributed by atoms with E-state index in [-0.39, 0.29) is 33.6 Å². The first-order valence-corrected chi connectivity index (χ1v) is 10.9. The number of H-pyrrole nitrogens is 1. The number of carbonyl (C=O) groups excluding carboxylic acids is 1. The molecule has 3 rings (SSSR count). The highest BCUT2D eigenvalue weighted by atomic mass is 32.1. The van der Waals surface area contributed by atoms with E-state index in [4.69, 9.17) is 0 Å². The summed E-state index contributed by atoms with van der Waals surface area (Å²) in [6, 6.07) is 3.80. The molecule has 3 aromatic rings. The molecule has 0 aliphatic rings. The highest BCUT2D eigenvalue weighted by Gasteiger charge is 2.22. The van der Waals surface area contributed by atoms with E-state index in [1.807, 2.05) is 31.4 Å². The number of aromatic amines is 1. The van der Waals surface area contributed by atoms with Crippen LogP contribution in [0.2, 0.25) is 0 Å². The molecular formula is C19H25N5O4S2. The first-order valence-electron chi connectivity index (χ1n) is 9.18. The topological polar surface area (TPSA) is 119 Å². The predicted molar refractivity (Wildman–Crippen MR) is 123 cm³/mol. The van der Waals surface area contributed by atoms with Gasteiger partial charge in [-0.05, 0) is 11.4 Å². The van der Waals surface area contributed by atoms with Crippen molar-refractivity contribution in [2.45, 2.75) is 20.4 Å². The van der Waals surface area contributed by atoms with Gasteiger partial charge in [-0.25, -0.2) is 0 Å². The third-order valence-electron chi connectivity index (χ3n) is 3.91. The second kappa shape index (κ2) is 10.1. The summed E-state index contributed by atoms with van der Waals surface area (Å²) in [4.78, 5) is 39.6. The van der Waals surface area contributed by atoms with Gasteiger partial charge in [0.2, 0.25) is 0 Å². The maximum Gasteiger partial charge on any atom is 0.290 e. The van der Waals surface area contributed by atoms with E-state index in [0.29, 0.717) is 6.54 Å². The lowest BCUT2D eigenvalue weighted by Gasteiger charge is -2.13. The Bertz CT molecular complexity index is 1110. The molecule has 30 heavy (non-hydrogen) atoms. The Morgan fingerprint density at radius 3 is 2.53 bits per heavy atom. The van der Waals surface area contributed by atoms with E-state index >= 15 is 0 Å². The number of thiophene rings is 2. The number of aromatic hydroxyl groups is 1. The van der Waals surface area contributed by atoms with Gasteiger partial charge in [-0.3, -0.25) is 24.2 Å². The number of amides is 1. The summed E-state index contributed by atoms with van der Waals surface area (Å²) in [7, 11) is 4.58. The Balaban J connectivity index is 0.00000155. The number of rotatable bonds is 6. The standard InChI is InChI=1S/C17H19N5O4S2.C2H6/c1-21(2)17(26)14-13(23)10(8-28-14)19-12-11(15(24)20-22(3)16(12)25)18-7-9-5-4-6-27-9;1-2/h4-6,8,18-19,23H,7H2,1-3H3,(H,20,24);1-2H3. The van der Waals surface area contributed by atoms with Crippen molar-refractivity contribution in [2.24, 2.45) is 7.05 Å². The van der Waals surface area contributed by atoms with E-state index in [9.17, 15) is 19.5 Å². The van der Waals surface area contributed by atoms with E-state index in [0.717, 1.165) is 20.9 Å². The van der Waals surface area contributed by atoms with Gasteiger partial charge in [0, 0.05) is 37.9 Å². The van der Waals surface area contributed by atoms with Gasteiger partial charge in [0.25, 0.3) is 17.0 Å². The molecule has 0 bridgehead atoms. The van der Waals surface area contributed by atoms with E-state index in [1.54, 1.807) is 14.1 Å². The van der Waals surface area contributed by atoms with Crippen molar-refractivity contribution >= 4 is 45.6 Å². The zero-order valence-electron chi connectivity index (χ0n) is 17.4. The monoisotopic (exact) mass is 451 g/mol. The molecule has 0 fully saturated rings. The third kappa shape index (κ3) is 4.92. The molecule has 3 heterocycles. The summed E-state index contributed by atoms with van der Waals surface area (Å²) in [6.07, 6.45) is 0. The molecule has 0 radical (unpaired) electrons. The summed E-state index contributed by atoms with van der Waals surface area (Å²) >= 11 is 2.56. The fourth-order valence-electron chi connectivity index (χ4n) is 2.45. The minimum absolute atomic E-state index is 0.0141. The van der Waals surface area contributed by atoms with Crippen LogP contribution in [0.3, 0.4) is 0 Å². The Morgan fingerprint density at radius 2 is 1.93 bits per heavy atom. The summed E-state index contributed by atoms with van der Waals surface area (Å²) in [5, 5.41) is 22.1. The van der Waals surface area contributed by atoms with Gasteiger partial charge < -0.3 is 20.6 Å². The molecule has 1 amide bonds. The average molecular weight is 452 g/mol. The molecule has 0 saturated heterocycles. The smallest absolute Gasteiger partial charge is 0.290 e. The molecule has 0 aliphatic heterocycles. The van der Waals surface area contributed by atoms with Gasteiger partial charge in [0.15, 0.2) is 5.75 Å². The van der Waals surface area contributed by atoms with Crippen LogP contribution in [0, 0.1) is 0 Å². The molecule has 0 atom stereocenters. The molecule has 9 nitrogen and oxygen atoms in total. The van der Waals surface area contributed by atoms with Crippen LogP contribution in [0.15, 0.2) is 32.5 Å². The lowest BCUT2D eigenvalue weighted by atomic mass is 10.3. The quantitative estimate of drug-likeness (QED) is 0.457. The molecule has 4 N–H and O–H groups in total. The van der Waals surface area contributed by atoms with Crippen molar-refractivity contribution in [1.82, 2.24) is 14.7 Å². The van der Waals surface area contributed by atoms with Crippen LogP contribution in [0.5, 0.6) is 5.75 Å². The Hall–Kier alpha value is -3.05. The predicted octanol–water partition coefficient (Wildman–Crippen LogP) is 2.99. The van der Waals surface area contributed by atoms with Crippen molar-refractivity contribution in [2.75, 3.05) is 24.7 Å². The van der Waals surface area contributed by atoms with Crippen molar-refractivity contribution < 1.29 is 9.90 Å². The fraction of sp³-hybridized carbons (Fsp3) is 0.316. The number of aromatic nitrogens is 2.